The molecule has 2 rings (SSSR count). The maximum atomic E-state index is 3.81. The molecule has 1 heterocycles. The molecule has 0 fully saturated rings. The van der Waals surface area contributed by atoms with Crippen LogP contribution in [0, 0.1) is 5.92 Å². The van der Waals surface area contributed by atoms with Crippen LogP contribution >= 0.6 is 0 Å². The minimum absolute atomic E-state index is 0.505. The summed E-state index contributed by atoms with van der Waals surface area (Å²) in [5.74, 6) is 0.756. The fourth-order valence-corrected chi connectivity index (χ4v) is 2.95. The van der Waals surface area contributed by atoms with Gasteiger partial charge in [0.15, 0.2) is 0 Å². The lowest BCUT2D eigenvalue weighted by Gasteiger charge is -2.24. The van der Waals surface area contributed by atoms with E-state index in [1.54, 1.807) is 0 Å². The van der Waals surface area contributed by atoms with Gasteiger partial charge in [0, 0.05) is 18.6 Å². The van der Waals surface area contributed by atoms with E-state index in [4.69, 9.17) is 0 Å². The smallest absolute Gasteiger partial charge is 0.0337 e. The molecule has 0 spiro atoms. The molecule has 2 heteroatoms. The van der Waals surface area contributed by atoms with Gasteiger partial charge in [-0.2, -0.15) is 0 Å². The standard InChI is InChI=1S/C16H26N2/c1-12(2)10-13(3)18-16-8-9-17-11-14-6-4-5-7-15(14)16/h4-7,12-13,16-18H,8-11H2,1-3H3. The van der Waals surface area contributed by atoms with Crippen LogP contribution in [0.25, 0.3) is 0 Å². The lowest BCUT2D eigenvalue weighted by Crippen LogP contribution is -2.32. The highest BCUT2D eigenvalue weighted by molar-refractivity contribution is 5.31. The number of benzene rings is 1. The van der Waals surface area contributed by atoms with E-state index in [9.17, 15) is 0 Å². The van der Waals surface area contributed by atoms with E-state index in [1.807, 2.05) is 0 Å². The van der Waals surface area contributed by atoms with Gasteiger partial charge in [-0.15, -0.1) is 0 Å². The molecule has 2 nitrogen and oxygen atoms in total. The second-order valence-corrected chi connectivity index (χ2v) is 5.91. The first-order chi connectivity index (χ1) is 8.66. The number of nitrogens with one attached hydrogen (secondary N) is 2. The van der Waals surface area contributed by atoms with E-state index in [-0.39, 0.29) is 0 Å². The Morgan fingerprint density at radius 2 is 2.06 bits per heavy atom. The summed E-state index contributed by atoms with van der Waals surface area (Å²) in [6.45, 7) is 9.00. The van der Waals surface area contributed by atoms with Gasteiger partial charge in [0.2, 0.25) is 0 Å². The van der Waals surface area contributed by atoms with Crippen molar-refractivity contribution in [3.63, 3.8) is 0 Å². The third-order valence-electron chi connectivity index (χ3n) is 3.67. The molecule has 0 saturated heterocycles. The maximum Gasteiger partial charge on any atom is 0.0337 e. The van der Waals surface area contributed by atoms with Gasteiger partial charge in [-0.05, 0) is 43.4 Å². The third kappa shape index (κ3) is 3.56. The molecule has 1 aromatic carbocycles. The highest BCUT2D eigenvalue weighted by atomic mass is 15.0. The first kappa shape index (κ1) is 13.6. The van der Waals surface area contributed by atoms with Gasteiger partial charge in [0.05, 0.1) is 0 Å². The van der Waals surface area contributed by atoms with Crippen molar-refractivity contribution in [2.75, 3.05) is 6.54 Å². The van der Waals surface area contributed by atoms with Crippen molar-refractivity contribution in [2.24, 2.45) is 5.92 Å². The summed E-state index contributed by atoms with van der Waals surface area (Å²) in [5, 5.41) is 7.31. The van der Waals surface area contributed by atoms with Gasteiger partial charge in [0.25, 0.3) is 0 Å². The Morgan fingerprint density at radius 1 is 1.28 bits per heavy atom. The molecule has 1 aromatic rings. The van der Waals surface area contributed by atoms with Gasteiger partial charge in [-0.25, -0.2) is 0 Å². The Morgan fingerprint density at radius 3 is 2.83 bits per heavy atom. The van der Waals surface area contributed by atoms with Gasteiger partial charge < -0.3 is 10.6 Å². The minimum Gasteiger partial charge on any atom is -0.313 e. The van der Waals surface area contributed by atoms with Crippen molar-refractivity contribution in [3.05, 3.63) is 35.4 Å². The van der Waals surface area contributed by atoms with Crippen LogP contribution in [0.15, 0.2) is 24.3 Å². The van der Waals surface area contributed by atoms with Crippen LogP contribution < -0.4 is 10.6 Å². The minimum atomic E-state index is 0.505. The predicted molar refractivity (Wildman–Crippen MR) is 77.6 cm³/mol. The molecular weight excluding hydrogens is 220 g/mol. The van der Waals surface area contributed by atoms with Gasteiger partial charge >= 0.3 is 0 Å². The van der Waals surface area contributed by atoms with Gasteiger partial charge in [-0.1, -0.05) is 38.1 Å². The second kappa shape index (κ2) is 6.35. The molecule has 18 heavy (non-hydrogen) atoms. The molecule has 2 atom stereocenters. The van der Waals surface area contributed by atoms with Crippen molar-refractivity contribution in [3.8, 4) is 0 Å². The summed E-state index contributed by atoms with van der Waals surface area (Å²) in [7, 11) is 0. The lowest BCUT2D eigenvalue weighted by molar-refractivity contribution is 0.382. The molecule has 0 aromatic heterocycles. The lowest BCUT2D eigenvalue weighted by atomic mass is 9.97. The largest absolute Gasteiger partial charge is 0.313 e. The van der Waals surface area contributed by atoms with E-state index < -0.39 is 0 Å². The number of hydrogen-bond donors (Lipinski definition) is 2. The molecule has 1 aliphatic rings. The van der Waals surface area contributed by atoms with Crippen LogP contribution in [-0.4, -0.2) is 12.6 Å². The summed E-state index contributed by atoms with van der Waals surface area (Å²) >= 11 is 0. The van der Waals surface area contributed by atoms with Crippen molar-refractivity contribution in [2.45, 2.75) is 52.2 Å². The number of fused-ring (bicyclic) bond motifs is 1. The zero-order chi connectivity index (χ0) is 13.0. The van der Waals surface area contributed by atoms with E-state index in [0.717, 1.165) is 19.0 Å². The van der Waals surface area contributed by atoms with Crippen LogP contribution in [0.5, 0.6) is 0 Å². The molecule has 0 radical (unpaired) electrons. The molecular formula is C16H26N2. The molecule has 2 unspecified atom stereocenters. The van der Waals surface area contributed by atoms with Gasteiger partial charge in [0.1, 0.15) is 0 Å². The summed E-state index contributed by atoms with van der Waals surface area (Å²) in [4.78, 5) is 0. The topological polar surface area (TPSA) is 24.1 Å². The Labute approximate surface area is 111 Å². The molecule has 0 bridgehead atoms. The Hall–Kier alpha value is -0.860. The fraction of sp³-hybridized carbons (Fsp3) is 0.625. The van der Waals surface area contributed by atoms with Crippen molar-refractivity contribution in [1.82, 2.24) is 10.6 Å². The van der Waals surface area contributed by atoms with Gasteiger partial charge in [-0.3, -0.25) is 0 Å². The molecule has 0 saturated carbocycles. The first-order valence-corrected chi connectivity index (χ1v) is 7.21. The highest BCUT2D eigenvalue weighted by Gasteiger charge is 2.19. The molecule has 1 aliphatic heterocycles. The molecule has 2 N–H and O–H groups in total. The molecule has 100 valence electrons. The Kier molecular flexibility index (Phi) is 4.79. The van der Waals surface area contributed by atoms with Crippen LogP contribution in [0.1, 0.15) is 50.8 Å². The predicted octanol–water partition coefficient (Wildman–Crippen LogP) is 3.25. The van der Waals surface area contributed by atoms with Crippen LogP contribution in [0.4, 0.5) is 0 Å². The van der Waals surface area contributed by atoms with Crippen LogP contribution in [0.3, 0.4) is 0 Å². The SMILES string of the molecule is CC(C)CC(C)NC1CCNCc2ccccc21. The Bertz CT molecular complexity index is 373. The monoisotopic (exact) mass is 246 g/mol. The first-order valence-electron chi connectivity index (χ1n) is 7.21. The van der Waals surface area contributed by atoms with Crippen molar-refractivity contribution >= 4 is 0 Å². The van der Waals surface area contributed by atoms with Crippen molar-refractivity contribution < 1.29 is 0 Å². The highest BCUT2D eigenvalue weighted by Crippen LogP contribution is 2.24. The average molecular weight is 246 g/mol. The zero-order valence-corrected chi connectivity index (χ0v) is 11.9. The maximum absolute atomic E-state index is 3.81. The normalized spacial score (nSPS) is 21.4. The number of rotatable bonds is 4. The fourth-order valence-electron chi connectivity index (χ4n) is 2.95. The van der Waals surface area contributed by atoms with E-state index in [2.05, 4.69) is 55.7 Å². The van der Waals surface area contributed by atoms with Crippen LogP contribution in [-0.2, 0) is 6.54 Å². The summed E-state index contributed by atoms with van der Waals surface area (Å²) in [6.07, 6.45) is 2.42. The molecule has 0 amide bonds. The Balaban J connectivity index is 2.08. The second-order valence-electron chi connectivity index (χ2n) is 5.91. The quantitative estimate of drug-likeness (QED) is 0.852. The summed E-state index contributed by atoms with van der Waals surface area (Å²) < 4.78 is 0. The average Bonchev–Trinajstić information content (AvgIpc) is 2.51. The van der Waals surface area contributed by atoms with E-state index in [0.29, 0.717) is 12.1 Å². The summed E-state index contributed by atoms with van der Waals surface area (Å²) in [5.41, 5.74) is 2.93. The van der Waals surface area contributed by atoms with Crippen LogP contribution in [0.2, 0.25) is 0 Å². The summed E-state index contributed by atoms with van der Waals surface area (Å²) in [6, 6.07) is 9.91. The number of hydrogen-bond acceptors (Lipinski definition) is 2. The molecule has 0 aliphatic carbocycles. The zero-order valence-electron chi connectivity index (χ0n) is 11.9. The van der Waals surface area contributed by atoms with E-state index in [1.165, 1.54) is 24.0 Å². The third-order valence-corrected chi connectivity index (χ3v) is 3.67. The van der Waals surface area contributed by atoms with Crippen molar-refractivity contribution in [1.29, 1.82) is 0 Å². The van der Waals surface area contributed by atoms with E-state index >= 15 is 0 Å².